The normalized spacial score (nSPS) is 19.1. The van der Waals surface area contributed by atoms with Gasteiger partial charge in [0.25, 0.3) is 0 Å². The van der Waals surface area contributed by atoms with Gasteiger partial charge in [-0.05, 0) is 43.4 Å². The summed E-state index contributed by atoms with van der Waals surface area (Å²) in [5.41, 5.74) is 2.87. The van der Waals surface area contributed by atoms with Crippen LogP contribution < -0.4 is 5.32 Å². The summed E-state index contributed by atoms with van der Waals surface area (Å²) >= 11 is 0. The summed E-state index contributed by atoms with van der Waals surface area (Å²) in [4.78, 5) is 0. The molecule has 2 rings (SSSR count). The topological polar surface area (TPSA) is 21.3 Å². The van der Waals surface area contributed by atoms with Crippen molar-refractivity contribution in [2.24, 2.45) is 0 Å². The quantitative estimate of drug-likeness (QED) is 0.818. The maximum Gasteiger partial charge on any atom is 0.0834 e. The Hall–Kier alpha value is -0.860. The Balaban J connectivity index is 2.11. The fourth-order valence-corrected chi connectivity index (χ4v) is 3.51. The van der Waals surface area contributed by atoms with Gasteiger partial charge in [0.15, 0.2) is 0 Å². The van der Waals surface area contributed by atoms with Gasteiger partial charge < -0.3 is 10.1 Å². The molecule has 20 heavy (non-hydrogen) atoms. The summed E-state index contributed by atoms with van der Waals surface area (Å²) in [7, 11) is 1.88. The van der Waals surface area contributed by atoms with Crippen molar-refractivity contribution in [3.05, 3.63) is 35.4 Å². The van der Waals surface area contributed by atoms with Gasteiger partial charge in [0.1, 0.15) is 0 Å². The first-order valence-electron chi connectivity index (χ1n) is 8.10. The van der Waals surface area contributed by atoms with Gasteiger partial charge in [-0.2, -0.15) is 0 Å². The summed E-state index contributed by atoms with van der Waals surface area (Å²) in [5.74, 6) is 0. The molecule has 0 aromatic heterocycles. The highest BCUT2D eigenvalue weighted by Crippen LogP contribution is 2.36. The lowest BCUT2D eigenvalue weighted by Gasteiger charge is -2.37. The van der Waals surface area contributed by atoms with E-state index in [0.29, 0.717) is 6.04 Å². The minimum atomic E-state index is 0.0411. The molecule has 1 atom stereocenters. The van der Waals surface area contributed by atoms with E-state index in [4.69, 9.17) is 4.74 Å². The predicted molar refractivity (Wildman–Crippen MR) is 85.2 cm³/mol. The molecule has 1 aromatic rings. The van der Waals surface area contributed by atoms with Crippen molar-refractivity contribution in [1.29, 1.82) is 0 Å². The van der Waals surface area contributed by atoms with Gasteiger partial charge in [0.05, 0.1) is 5.60 Å². The van der Waals surface area contributed by atoms with Crippen molar-refractivity contribution < 1.29 is 4.74 Å². The second kappa shape index (κ2) is 7.24. The molecule has 0 radical (unpaired) electrons. The van der Waals surface area contributed by atoms with Gasteiger partial charge in [-0.3, -0.25) is 0 Å². The van der Waals surface area contributed by atoms with E-state index < -0.39 is 0 Å². The number of hydrogen-bond donors (Lipinski definition) is 1. The zero-order valence-electron chi connectivity index (χ0n) is 13.2. The second-order valence-electron chi connectivity index (χ2n) is 5.96. The molecule has 1 fully saturated rings. The van der Waals surface area contributed by atoms with Crippen LogP contribution in [0.25, 0.3) is 0 Å². The van der Waals surface area contributed by atoms with E-state index in [1.165, 1.54) is 36.8 Å². The molecule has 0 saturated heterocycles. The SMILES string of the molecule is CCNC(Cc1ccc(CC)cc1)C1(OC)CCCC1. The molecule has 1 aliphatic carbocycles. The number of nitrogens with one attached hydrogen (secondary N) is 1. The smallest absolute Gasteiger partial charge is 0.0834 e. The molecule has 1 N–H and O–H groups in total. The lowest BCUT2D eigenvalue weighted by atomic mass is 9.87. The van der Waals surface area contributed by atoms with Crippen molar-refractivity contribution in [2.75, 3.05) is 13.7 Å². The van der Waals surface area contributed by atoms with Crippen molar-refractivity contribution in [1.82, 2.24) is 5.32 Å². The first-order valence-corrected chi connectivity index (χ1v) is 8.10. The van der Waals surface area contributed by atoms with Crippen LogP contribution in [0.4, 0.5) is 0 Å². The number of benzene rings is 1. The standard InChI is InChI=1S/C18H29NO/c1-4-15-8-10-16(11-9-15)14-17(19-5-2)18(20-3)12-6-7-13-18/h8-11,17,19H,4-7,12-14H2,1-3H3. The summed E-state index contributed by atoms with van der Waals surface area (Å²) in [5, 5.41) is 3.67. The van der Waals surface area contributed by atoms with Gasteiger partial charge in [0.2, 0.25) is 0 Å². The average Bonchev–Trinajstić information content (AvgIpc) is 2.98. The zero-order valence-corrected chi connectivity index (χ0v) is 13.2. The van der Waals surface area contributed by atoms with Gasteiger partial charge >= 0.3 is 0 Å². The van der Waals surface area contributed by atoms with Crippen LogP contribution in [0.1, 0.15) is 50.7 Å². The van der Waals surface area contributed by atoms with Gasteiger partial charge in [-0.1, -0.05) is 51.0 Å². The fourth-order valence-electron chi connectivity index (χ4n) is 3.51. The Bertz CT molecular complexity index is 392. The van der Waals surface area contributed by atoms with Crippen molar-refractivity contribution in [3.8, 4) is 0 Å². The Kier molecular flexibility index (Phi) is 5.62. The average molecular weight is 275 g/mol. The number of aryl methyl sites for hydroxylation is 1. The molecule has 2 heteroatoms. The largest absolute Gasteiger partial charge is 0.377 e. The first-order chi connectivity index (χ1) is 9.74. The van der Waals surface area contributed by atoms with Gasteiger partial charge in [-0.15, -0.1) is 0 Å². The summed E-state index contributed by atoms with van der Waals surface area (Å²) < 4.78 is 5.97. The minimum absolute atomic E-state index is 0.0411. The molecular weight excluding hydrogens is 246 g/mol. The highest BCUT2D eigenvalue weighted by atomic mass is 16.5. The second-order valence-corrected chi connectivity index (χ2v) is 5.96. The third-order valence-electron chi connectivity index (χ3n) is 4.81. The lowest BCUT2D eigenvalue weighted by Crippen LogP contribution is -2.51. The molecule has 0 bridgehead atoms. The Morgan fingerprint density at radius 3 is 2.20 bits per heavy atom. The van der Waals surface area contributed by atoms with Crippen LogP contribution in [-0.2, 0) is 17.6 Å². The van der Waals surface area contributed by atoms with Gasteiger partial charge in [-0.25, -0.2) is 0 Å². The molecule has 1 aromatic carbocycles. The molecule has 0 aliphatic heterocycles. The van der Waals surface area contributed by atoms with E-state index in [-0.39, 0.29) is 5.60 Å². The van der Waals surface area contributed by atoms with Crippen molar-refractivity contribution in [3.63, 3.8) is 0 Å². The Labute approximate surface area is 123 Å². The maximum atomic E-state index is 5.97. The number of likely N-dealkylation sites (N-methyl/N-ethyl adjacent to an activating group) is 1. The maximum absolute atomic E-state index is 5.97. The van der Waals surface area contributed by atoms with Crippen LogP contribution >= 0.6 is 0 Å². The zero-order chi connectivity index (χ0) is 14.4. The van der Waals surface area contributed by atoms with Crippen LogP contribution in [0.3, 0.4) is 0 Å². The molecule has 1 unspecified atom stereocenters. The fraction of sp³-hybridized carbons (Fsp3) is 0.667. The number of hydrogen-bond acceptors (Lipinski definition) is 2. The highest BCUT2D eigenvalue weighted by molar-refractivity contribution is 5.24. The first kappa shape index (κ1) is 15.5. The van der Waals surface area contributed by atoms with E-state index in [9.17, 15) is 0 Å². The summed E-state index contributed by atoms with van der Waals surface area (Å²) in [6.45, 7) is 5.39. The molecule has 1 aliphatic rings. The monoisotopic (exact) mass is 275 g/mol. The minimum Gasteiger partial charge on any atom is -0.377 e. The van der Waals surface area contributed by atoms with E-state index in [0.717, 1.165) is 19.4 Å². The Morgan fingerprint density at radius 2 is 1.70 bits per heavy atom. The summed E-state index contributed by atoms with van der Waals surface area (Å²) in [6, 6.07) is 9.49. The van der Waals surface area contributed by atoms with Crippen LogP contribution in [0.2, 0.25) is 0 Å². The highest BCUT2D eigenvalue weighted by Gasteiger charge is 2.41. The molecule has 112 valence electrons. The summed E-state index contributed by atoms with van der Waals surface area (Å²) in [6.07, 6.45) is 7.14. The third kappa shape index (κ3) is 3.42. The van der Waals surface area contributed by atoms with Crippen LogP contribution in [0.15, 0.2) is 24.3 Å². The molecule has 0 heterocycles. The predicted octanol–water partition coefficient (Wildman–Crippen LogP) is 3.73. The van der Waals surface area contributed by atoms with Crippen LogP contribution in [-0.4, -0.2) is 25.3 Å². The van der Waals surface area contributed by atoms with E-state index in [2.05, 4.69) is 43.4 Å². The van der Waals surface area contributed by atoms with E-state index >= 15 is 0 Å². The molecule has 0 spiro atoms. The molecule has 1 saturated carbocycles. The molecular formula is C18H29NO. The third-order valence-corrected chi connectivity index (χ3v) is 4.81. The van der Waals surface area contributed by atoms with E-state index in [1.807, 2.05) is 7.11 Å². The van der Waals surface area contributed by atoms with Crippen LogP contribution in [0.5, 0.6) is 0 Å². The van der Waals surface area contributed by atoms with E-state index in [1.54, 1.807) is 0 Å². The number of rotatable bonds is 7. The van der Waals surface area contributed by atoms with Gasteiger partial charge in [0, 0.05) is 13.2 Å². The molecule has 0 amide bonds. The Morgan fingerprint density at radius 1 is 1.10 bits per heavy atom. The van der Waals surface area contributed by atoms with Crippen LogP contribution in [0, 0.1) is 0 Å². The molecule has 2 nitrogen and oxygen atoms in total. The number of methoxy groups -OCH3 is 1. The lowest BCUT2D eigenvalue weighted by molar-refractivity contribution is -0.0351. The van der Waals surface area contributed by atoms with Crippen molar-refractivity contribution >= 4 is 0 Å². The number of ether oxygens (including phenoxy) is 1. The van der Waals surface area contributed by atoms with Crippen molar-refractivity contribution in [2.45, 2.75) is 64.0 Å².